The quantitative estimate of drug-likeness (QED) is 0.549. The number of aryl methyl sites for hydroxylation is 1. The molecule has 0 N–H and O–H groups in total. The number of nitrogens with zero attached hydrogens (tertiary/aromatic N) is 3. The Morgan fingerprint density at radius 3 is 2.43 bits per heavy atom. The maximum Gasteiger partial charge on any atom is 0.306 e. The summed E-state index contributed by atoms with van der Waals surface area (Å²) in [5.74, 6) is -0.290. The second kappa shape index (κ2) is 11.4. The van der Waals surface area contributed by atoms with Crippen LogP contribution in [-0.2, 0) is 25.5 Å². The molecule has 0 spiro atoms. The zero-order chi connectivity index (χ0) is 24.9. The van der Waals surface area contributed by atoms with E-state index in [4.69, 9.17) is 4.74 Å². The van der Waals surface area contributed by atoms with Crippen molar-refractivity contribution in [2.24, 2.45) is 0 Å². The van der Waals surface area contributed by atoms with E-state index in [-0.39, 0.29) is 42.7 Å². The van der Waals surface area contributed by atoms with Gasteiger partial charge in [-0.3, -0.25) is 19.3 Å². The fraction of sp³-hybridized carbons (Fsp3) is 0.519. The average Bonchev–Trinajstić information content (AvgIpc) is 3.36. The second-order valence-corrected chi connectivity index (χ2v) is 10.2. The van der Waals surface area contributed by atoms with Crippen LogP contribution in [0.5, 0.6) is 0 Å². The fourth-order valence-corrected chi connectivity index (χ4v) is 6.08. The van der Waals surface area contributed by atoms with Crippen LogP contribution < -0.4 is 0 Å². The predicted molar refractivity (Wildman–Crippen MR) is 136 cm³/mol. The van der Waals surface area contributed by atoms with Gasteiger partial charge in [0.1, 0.15) is 0 Å². The number of amides is 2. The number of fused-ring (bicyclic) bond motifs is 1. The molecule has 2 atom stereocenters. The van der Waals surface area contributed by atoms with Crippen molar-refractivity contribution in [3.05, 3.63) is 57.3 Å². The Kier molecular flexibility index (Phi) is 8.23. The zero-order valence-corrected chi connectivity index (χ0v) is 21.7. The molecule has 0 aliphatic carbocycles. The number of piperazine rings is 1. The summed E-state index contributed by atoms with van der Waals surface area (Å²) >= 11 is 1.80. The third-order valence-corrected chi connectivity index (χ3v) is 8.13. The summed E-state index contributed by atoms with van der Waals surface area (Å²) in [5.41, 5.74) is 3.80. The fourth-order valence-electron chi connectivity index (χ4n) is 5.18. The highest BCUT2D eigenvalue weighted by Crippen LogP contribution is 2.40. The lowest BCUT2D eigenvalue weighted by Gasteiger charge is -2.43. The first-order chi connectivity index (χ1) is 16.9. The van der Waals surface area contributed by atoms with Crippen LogP contribution >= 0.6 is 11.3 Å². The molecule has 0 bridgehead atoms. The molecule has 2 aliphatic rings. The topological polar surface area (TPSA) is 70.2 Å². The molecule has 1 aromatic heterocycles. The molecule has 2 aliphatic heterocycles. The largest absolute Gasteiger partial charge is 0.466 e. The Morgan fingerprint density at radius 2 is 1.71 bits per heavy atom. The molecule has 1 fully saturated rings. The summed E-state index contributed by atoms with van der Waals surface area (Å²) < 4.78 is 4.91. The van der Waals surface area contributed by atoms with Gasteiger partial charge >= 0.3 is 5.97 Å². The number of benzene rings is 1. The van der Waals surface area contributed by atoms with E-state index in [9.17, 15) is 14.4 Å². The van der Waals surface area contributed by atoms with Crippen LogP contribution in [0, 0.1) is 6.92 Å². The average molecular weight is 498 g/mol. The van der Waals surface area contributed by atoms with Crippen molar-refractivity contribution in [3.63, 3.8) is 0 Å². The monoisotopic (exact) mass is 497 g/mol. The van der Waals surface area contributed by atoms with E-state index >= 15 is 0 Å². The lowest BCUT2D eigenvalue weighted by Crippen LogP contribution is -2.56. The number of rotatable bonds is 7. The van der Waals surface area contributed by atoms with Gasteiger partial charge in [0.05, 0.1) is 25.1 Å². The van der Waals surface area contributed by atoms with Gasteiger partial charge in [-0.2, -0.15) is 0 Å². The first-order valence-corrected chi connectivity index (χ1v) is 13.4. The lowest BCUT2D eigenvalue weighted by molar-refractivity contribution is -0.147. The van der Waals surface area contributed by atoms with Crippen molar-refractivity contribution in [2.75, 3.05) is 39.3 Å². The van der Waals surface area contributed by atoms with Crippen molar-refractivity contribution >= 4 is 29.1 Å². The van der Waals surface area contributed by atoms with Crippen molar-refractivity contribution in [3.8, 4) is 0 Å². The Morgan fingerprint density at radius 1 is 1.00 bits per heavy atom. The molecule has 1 aromatic carbocycles. The Bertz CT molecular complexity index is 1060. The van der Waals surface area contributed by atoms with Gasteiger partial charge in [-0.05, 0) is 55.3 Å². The molecule has 35 heavy (non-hydrogen) atoms. The molecule has 2 aromatic rings. The lowest BCUT2D eigenvalue weighted by atomic mass is 9.89. The number of esters is 1. The molecule has 4 rings (SSSR count). The summed E-state index contributed by atoms with van der Waals surface area (Å²) in [6.45, 7) is 9.09. The van der Waals surface area contributed by atoms with Crippen LogP contribution in [0.25, 0.3) is 0 Å². The highest BCUT2D eigenvalue weighted by Gasteiger charge is 2.37. The summed E-state index contributed by atoms with van der Waals surface area (Å²) in [6.07, 6.45) is 1.20. The second-order valence-electron chi connectivity index (χ2n) is 9.23. The number of carbonyl (C=O) groups excluding carboxylic acids is 3. The smallest absolute Gasteiger partial charge is 0.306 e. The first kappa shape index (κ1) is 25.4. The minimum atomic E-state index is -0.345. The van der Waals surface area contributed by atoms with E-state index < -0.39 is 0 Å². The zero-order valence-electron chi connectivity index (χ0n) is 20.9. The van der Waals surface area contributed by atoms with Crippen molar-refractivity contribution in [1.29, 1.82) is 0 Å². The Labute approximate surface area is 211 Å². The molecule has 1 saturated heterocycles. The van der Waals surface area contributed by atoms with Crippen molar-refractivity contribution in [2.45, 2.75) is 52.1 Å². The molecular formula is C27H35N3O4S. The molecule has 0 radical (unpaired) electrons. The van der Waals surface area contributed by atoms with Gasteiger partial charge in [0.15, 0.2) is 0 Å². The molecule has 2 amide bonds. The van der Waals surface area contributed by atoms with E-state index in [1.54, 1.807) is 23.2 Å². The summed E-state index contributed by atoms with van der Waals surface area (Å²) in [5, 5.41) is 2.16. The third kappa shape index (κ3) is 5.59. The number of hydrogen-bond donors (Lipinski definition) is 0. The van der Waals surface area contributed by atoms with Gasteiger partial charge in [0, 0.05) is 44.0 Å². The molecule has 8 heteroatoms. The van der Waals surface area contributed by atoms with Crippen LogP contribution in [0.2, 0.25) is 0 Å². The molecular weight excluding hydrogens is 462 g/mol. The first-order valence-electron chi connectivity index (χ1n) is 12.5. The maximum atomic E-state index is 13.6. The molecule has 188 valence electrons. The Hall–Kier alpha value is -2.71. The van der Waals surface area contributed by atoms with Gasteiger partial charge in [-0.25, -0.2) is 0 Å². The normalized spacial score (nSPS) is 19.2. The summed E-state index contributed by atoms with van der Waals surface area (Å²) in [6, 6.07) is 10.5. The van der Waals surface area contributed by atoms with Crippen LogP contribution in [-0.4, -0.2) is 77.9 Å². The van der Waals surface area contributed by atoms with Gasteiger partial charge < -0.3 is 14.5 Å². The number of thiophene rings is 1. The highest BCUT2D eigenvalue weighted by molar-refractivity contribution is 7.10. The van der Waals surface area contributed by atoms with Crippen LogP contribution in [0.3, 0.4) is 0 Å². The highest BCUT2D eigenvalue weighted by atomic mass is 32.1. The molecule has 3 heterocycles. The maximum absolute atomic E-state index is 13.6. The van der Waals surface area contributed by atoms with E-state index in [1.807, 2.05) is 11.8 Å². The van der Waals surface area contributed by atoms with Crippen molar-refractivity contribution < 1.29 is 19.1 Å². The summed E-state index contributed by atoms with van der Waals surface area (Å²) in [4.78, 5) is 45.0. The van der Waals surface area contributed by atoms with Gasteiger partial charge in [0.2, 0.25) is 11.8 Å². The number of hydrogen-bond acceptors (Lipinski definition) is 6. The van der Waals surface area contributed by atoms with Crippen LogP contribution in [0.15, 0.2) is 35.7 Å². The third-order valence-electron chi connectivity index (χ3n) is 7.13. The van der Waals surface area contributed by atoms with Crippen LogP contribution in [0.4, 0.5) is 0 Å². The standard InChI is InChI=1S/C27H35N3O4S/c1-4-34-25(32)10-9-24(31)28-14-16-29(17-15-28)27(33)20(3)30-13-11-23-22(12-18-35-23)26(30)21-8-6-5-7-19(21)2/h5-8,12,18,20,26H,4,9-11,13-17H2,1-3H3/t20-,26-/m1/s1. The van der Waals surface area contributed by atoms with E-state index in [1.165, 1.54) is 21.6 Å². The van der Waals surface area contributed by atoms with E-state index in [0.717, 1.165) is 13.0 Å². The molecule has 7 nitrogen and oxygen atoms in total. The minimum absolute atomic E-state index is 0.0566. The minimum Gasteiger partial charge on any atom is -0.466 e. The number of ether oxygens (including phenoxy) is 1. The predicted octanol–water partition coefficient (Wildman–Crippen LogP) is 3.41. The number of carbonyl (C=O) groups is 3. The van der Waals surface area contributed by atoms with Gasteiger partial charge in [-0.1, -0.05) is 24.3 Å². The Balaban J connectivity index is 1.41. The van der Waals surface area contributed by atoms with E-state index in [2.05, 4.69) is 47.5 Å². The van der Waals surface area contributed by atoms with Crippen molar-refractivity contribution in [1.82, 2.24) is 14.7 Å². The summed E-state index contributed by atoms with van der Waals surface area (Å²) in [7, 11) is 0. The molecule has 0 unspecified atom stereocenters. The van der Waals surface area contributed by atoms with Gasteiger partial charge in [0.25, 0.3) is 0 Å². The van der Waals surface area contributed by atoms with Gasteiger partial charge in [-0.15, -0.1) is 11.3 Å². The van der Waals surface area contributed by atoms with Crippen LogP contribution in [0.1, 0.15) is 54.3 Å². The molecule has 0 saturated carbocycles. The SMILES string of the molecule is CCOC(=O)CCC(=O)N1CCN(C(=O)[C@@H](C)N2CCc3sccc3[C@H]2c2ccccc2C)CC1. The van der Waals surface area contributed by atoms with E-state index in [0.29, 0.717) is 32.8 Å².